The van der Waals surface area contributed by atoms with E-state index in [1.165, 1.54) is 12.1 Å². The molecular formula is C14H17BrFN3. The summed E-state index contributed by atoms with van der Waals surface area (Å²) >= 11 is 3.53. The highest BCUT2D eigenvalue weighted by atomic mass is 79.9. The molecule has 2 N–H and O–H groups in total. The van der Waals surface area contributed by atoms with Crippen molar-refractivity contribution in [3.63, 3.8) is 0 Å². The molecule has 0 amide bonds. The Morgan fingerprint density at radius 1 is 1.42 bits per heavy atom. The summed E-state index contributed by atoms with van der Waals surface area (Å²) in [6.07, 6.45) is 1.35. The van der Waals surface area contributed by atoms with Crippen molar-refractivity contribution in [1.29, 1.82) is 0 Å². The molecule has 1 aromatic carbocycles. The van der Waals surface area contributed by atoms with Gasteiger partial charge in [-0.3, -0.25) is 4.68 Å². The first-order chi connectivity index (χ1) is 8.97. The maximum atomic E-state index is 13.1. The molecule has 19 heavy (non-hydrogen) atoms. The Morgan fingerprint density at radius 2 is 2.16 bits per heavy atom. The topological polar surface area (TPSA) is 43.8 Å². The highest BCUT2D eigenvalue weighted by Crippen LogP contribution is 2.21. The van der Waals surface area contributed by atoms with Gasteiger partial charge in [-0.15, -0.1) is 0 Å². The molecule has 1 unspecified atom stereocenters. The predicted octanol–water partition coefficient (Wildman–Crippen LogP) is 2.74. The van der Waals surface area contributed by atoms with E-state index < -0.39 is 0 Å². The van der Waals surface area contributed by atoms with E-state index in [9.17, 15) is 4.39 Å². The zero-order chi connectivity index (χ0) is 14.0. The number of nitrogens with zero attached hydrogens (tertiary/aromatic N) is 2. The van der Waals surface area contributed by atoms with E-state index in [-0.39, 0.29) is 11.9 Å². The van der Waals surface area contributed by atoms with Crippen LogP contribution in [0.5, 0.6) is 0 Å². The number of aromatic nitrogens is 2. The molecular weight excluding hydrogens is 309 g/mol. The van der Waals surface area contributed by atoms with E-state index in [2.05, 4.69) is 21.0 Å². The van der Waals surface area contributed by atoms with Crippen LogP contribution in [0.1, 0.15) is 17.0 Å². The molecule has 1 aromatic heterocycles. The van der Waals surface area contributed by atoms with Crippen LogP contribution in [0.2, 0.25) is 0 Å². The van der Waals surface area contributed by atoms with Gasteiger partial charge in [-0.25, -0.2) is 4.39 Å². The number of aryl methyl sites for hydroxylation is 2. The van der Waals surface area contributed by atoms with E-state index >= 15 is 0 Å². The molecule has 2 aromatic rings. The zero-order valence-electron chi connectivity index (χ0n) is 11.0. The fourth-order valence-electron chi connectivity index (χ4n) is 2.19. The van der Waals surface area contributed by atoms with Crippen molar-refractivity contribution in [3.8, 4) is 0 Å². The van der Waals surface area contributed by atoms with Crippen molar-refractivity contribution < 1.29 is 4.39 Å². The van der Waals surface area contributed by atoms with E-state index in [1.807, 2.05) is 24.7 Å². The fourth-order valence-corrected chi connectivity index (χ4v) is 2.69. The lowest BCUT2D eigenvalue weighted by Crippen LogP contribution is -2.26. The lowest BCUT2D eigenvalue weighted by atomic mass is 10.0. The van der Waals surface area contributed by atoms with Crippen LogP contribution in [0.4, 0.5) is 4.39 Å². The van der Waals surface area contributed by atoms with Gasteiger partial charge in [-0.1, -0.05) is 12.1 Å². The zero-order valence-corrected chi connectivity index (χ0v) is 12.6. The summed E-state index contributed by atoms with van der Waals surface area (Å²) < 4.78 is 16.0. The second kappa shape index (κ2) is 5.84. The number of benzene rings is 1. The van der Waals surface area contributed by atoms with Crippen LogP contribution in [0.25, 0.3) is 0 Å². The molecule has 5 heteroatoms. The van der Waals surface area contributed by atoms with Crippen LogP contribution in [0, 0.1) is 12.7 Å². The number of nitrogens with two attached hydrogens (primary N) is 1. The van der Waals surface area contributed by atoms with E-state index in [0.717, 1.165) is 21.4 Å². The Balaban J connectivity index is 2.07. The van der Waals surface area contributed by atoms with Gasteiger partial charge in [-0.2, -0.15) is 5.10 Å². The van der Waals surface area contributed by atoms with Gasteiger partial charge < -0.3 is 5.73 Å². The van der Waals surface area contributed by atoms with Crippen LogP contribution in [-0.4, -0.2) is 15.8 Å². The Kier molecular flexibility index (Phi) is 4.37. The molecule has 0 aliphatic heterocycles. The second-order valence-electron chi connectivity index (χ2n) is 4.77. The third kappa shape index (κ3) is 3.42. The predicted molar refractivity (Wildman–Crippen MR) is 77.4 cm³/mol. The van der Waals surface area contributed by atoms with Crippen molar-refractivity contribution in [3.05, 3.63) is 51.5 Å². The van der Waals surface area contributed by atoms with Crippen molar-refractivity contribution in [1.82, 2.24) is 9.78 Å². The molecule has 0 saturated heterocycles. The monoisotopic (exact) mass is 325 g/mol. The van der Waals surface area contributed by atoms with Gasteiger partial charge in [-0.05, 0) is 47.0 Å². The van der Waals surface area contributed by atoms with Crippen LogP contribution in [-0.2, 0) is 19.9 Å². The summed E-state index contributed by atoms with van der Waals surface area (Å²) in [6, 6.07) is 6.51. The summed E-state index contributed by atoms with van der Waals surface area (Å²) in [5.74, 6) is -0.220. The minimum absolute atomic E-state index is 0.0621. The summed E-state index contributed by atoms with van der Waals surface area (Å²) in [5, 5.41) is 4.34. The van der Waals surface area contributed by atoms with Crippen molar-refractivity contribution >= 4 is 15.9 Å². The first-order valence-corrected chi connectivity index (χ1v) is 6.94. The summed E-state index contributed by atoms with van der Waals surface area (Å²) in [6.45, 7) is 1.95. The van der Waals surface area contributed by atoms with Gasteiger partial charge in [0.1, 0.15) is 5.82 Å². The molecule has 102 valence electrons. The minimum atomic E-state index is -0.220. The number of rotatable bonds is 4. The number of hydrogen-bond acceptors (Lipinski definition) is 2. The van der Waals surface area contributed by atoms with E-state index in [0.29, 0.717) is 12.8 Å². The minimum Gasteiger partial charge on any atom is -0.327 e. The van der Waals surface area contributed by atoms with Gasteiger partial charge in [0, 0.05) is 19.5 Å². The molecule has 1 atom stereocenters. The molecule has 2 rings (SSSR count). The average molecular weight is 326 g/mol. The average Bonchev–Trinajstić information content (AvgIpc) is 2.56. The van der Waals surface area contributed by atoms with E-state index in [1.54, 1.807) is 6.07 Å². The van der Waals surface area contributed by atoms with Gasteiger partial charge in [0.05, 0.1) is 15.9 Å². The van der Waals surface area contributed by atoms with E-state index in [4.69, 9.17) is 5.73 Å². The summed E-state index contributed by atoms with van der Waals surface area (Å²) in [5.41, 5.74) is 9.09. The molecule has 0 bridgehead atoms. The normalized spacial score (nSPS) is 12.7. The maximum absolute atomic E-state index is 13.1. The Bertz CT molecular complexity index is 580. The highest BCUT2D eigenvalue weighted by Gasteiger charge is 2.14. The first kappa shape index (κ1) is 14.2. The standard InChI is InChI=1S/C14H17BrFN3/c1-9-14(15)13(19(2)18-9)8-12(17)7-10-4-3-5-11(16)6-10/h3-6,12H,7-8,17H2,1-2H3. The number of halogens is 2. The van der Waals surface area contributed by atoms with Gasteiger partial charge in [0.25, 0.3) is 0 Å². The van der Waals surface area contributed by atoms with Crippen LogP contribution < -0.4 is 5.73 Å². The Labute approximate surface area is 120 Å². The van der Waals surface area contributed by atoms with Gasteiger partial charge in [0.15, 0.2) is 0 Å². The SMILES string of the molecule is Cc1nn(C)c(CC(N)Cc2cccc(F)c2)c1Br. The smallest absolute Gasteiger partial charge is 0.123 e. The maximum Gasteiger partial charge on any atom is 0.123 e. The molecule has 0 aliphatic carbocycles. The summed E-state index contributed by atoms with van der Waals surface area (Å²) in [7, 11) is 1.90. The molecule has 0 saturated carbocycles. The van der Waals surface area contributed by atoms with Crippen molar-refractivity contribution in [2.24, 2.45) is 12.8 Å². The van der Waals surface area contributed by atoms with Gasteiger partial charge in [0.2, 0.25) is 0 Å². The lowest BCUT2D eigenvalue weighted by Gasteiger charge is -2.12. The number of hydrogen-bond donors (Lipinski definition) is 1. The van der Waals surface area contributed by atoms with Crippen LogP contribution in [0.3, 0.4) is 0 Å². The third-order valence-corrected chi connectivity index (χ3v) is 4.14. The van der Waals surface area contributed by atoms with Gasteiger partial charge >= 0.3 is 0 Å². The van der Waals surface area contributed by atoms with Crippen molar-refractivity contribution in [2.75, 3.05) is 0 Å². The fraction of sp³-hybridized carbons (Fsp3) is 0.357. The lowest BCUT2D eigenvalue weighted by molar-refractivity contribution is 0.601. The largest absolute Gasteiger partial charge is 0.327 e. The van der Waals surface area contributed by atoms with Crippen LogP contribution in [0.15, 0.2) is 28.7 Å². The quantitative estimate of drug-likeness (QED) is 0.939. The molecule has 3 nitrogen and oxygen atoms in total. The molecule has 0 radical (unpaired) electrons. The molecule has 0 spiro atoms. The summed E-state index contributed by atoms with van der Waals surface area (Å²) in [4.78, 5) is 0. The van der Waals surface area contributed by atoms with Crippen LogP contribution >= 0.6 is 15.9 Å². The molecule has 0 fully saturated rings. The third-order valence-electron chi connectivity index (χ3n) is 3.10. The second-order valence-corrected chi connectivity index (χ2v) is 5.56. The molecule has 0 aliphatic rings. The molecule has 1 heterocycles. The highest BCUT2D eigenvalue weighted by molar-refractivity contribution is 9.10. The van der Waals surface area contributed by atoms with Crippen molar-refractivity contribution in [2.45, 2.75) is 25.8 Å². The Morgan fingerprint density at radius 3 is 2.74 bits per heavy atom. The Hall–Kier alpha value is -1.20. The first-order valence-electron chi connectivity index (χ1n) is 6.15.